The van der Waals surface area contributed by atoms with Crippen molar-refractivity contribution in [2.45, 2.75) is 26.2 Å². The Labute approximate surface area is 185 Å². The zero-order valence-electron chi connectivity index (χ0n) is 16.5. The fraction of sp³-hybridized carbons (Fsp3) is 0.318. The van der Waals surface area contributed by atoms with Crippen LogP contribution in [0.3, 0.4) is 0 Å². The van der Waals surface area contributed by atoms with Crippen molar-refractivity contribution in [2.75, 3.05) is 23.4 Å². The molecule has 1 saturated heterocycles. The van der Waals surface area contributed by atoms with Gasteiger partial charge in [0.1, 0.15) is 0 Å². The Morgan fingerprint density at radius 3 is 2.53 bits per heavy atom. The van der Waals surface area contributed by atoms with Crippen molar-refractivity contribution in [1.29, 1.82) is 0 Å². The normalized spacial score (nSPS) is 15.9. The van der Waals surface area contributed by atoms with Gasteiger partial charge in [-0.1, -0.05) is 36.5 Å². The lowest BCUT2D eigenvalue weighted by molar-refractivity contribution is -0.122. The molecule has 2 aromatic carbocycles. The molecular weight excluding hydrogens is 427 g/mol. The number of nitrogens with zero attached hydrogens (tertiary/aromatic N) is 1. The van der Waals surface area contributed by atoms with Crippen molar-refractivity contribution in [1.82, 2.24) is 0 Å². The van der Waals surface area contributed by atoms with E-state index in [1.165, 1.54) is 4.90 Å². The second-order valence-electron chi connectivity index (χ2n) is 7.06. The van der Waals surface area contributed by atoms with Gasteiger partial charge in [0, 0.05) is 24.3 Å². The fourth-order valence-electron chi connectivity index (χ4n) is 3.11. The van der Waals surface area contributed by atoms with E-state index in [4.69, 9.17) is 27.9 Å². The number of anilines is 2. The number of hydrogen-bond acceptors (Lipinski definition) is 4. The maximum absolute atomic E-state index is 12.6. The van der Waals surface area contributed by atoms with Gasteiger partial charge in [-0.3, -0.25) is 9.59 Å². The molecule has 2 amide bonds. The quantitative estimate of drug-likeness (QED) is 0.480. The molecule has 0 spiro atoms. The Morgan fingerprint density at radius 2 is 1.87 bits per heavy atom. The van der Waals surface area contributed by atoms with Crippen LogP contribution >= 0.6 is 23.2 Å². The molecule has 0 aliphatic carbocycles. The third-order valence-corrected chi connectivity index (χ3v) is 5.57. The molecular formula is C22H22Cl2N2O4. The van der Waals surface area contributed by atoms with Crippen LogP contribution in [0.4, 0.5) is 11.4 Å². The number of amides is 2. The SMILES string of the molecule is CCCCOC(=O)c1ccc(NC(=O)[C@@H]2CC(=O)N(c3ccc(Cl)c(Cl)c3)C2)cc1. The monoisotopic (exact) mass is 448 g/mol. The lowest BCUT2D eigenvalue weighted by Gasteiger charge is -2.17. The van der Waals surface area contributed by atoms with Gasteiger partial charge in [-0.05, 0) is 48.9 Å². The van der Waals surface area contributed by atoms with Crippen LogP contribution in [0.5, 0.6) is 0 Å². The molecule has 1 fully saturated rings. The zero-order valence-corrected chi connectivity index (χ0v) is 18.0. The first-order chi connectivity index (χ1) is 14.4. The van der Waals surface area contributed by atoms with E-state index >= 15 is 0 Å². The van der Waals surface area contributed by atoms with Crippen molar-refractivity contribution in [3.05, 3.63) is 58.1 Å². The molecule has 1 aliphatic rings. The summed E-state index contributed by atoms with van der Waals surface area (Å²) in [6, 6.07) is 11.4. The summed E-state index contributed by atoms with van der Waals surface area (Å²) in [6.07, 6.45) is 1.87. The highest BCUT2D eigenvalue weighted by Gasteiger charge is 2.35. The highest BCUT2D eigenvalue weighted by atomic mass is 35.5. The third kappa shape index (κ3) is 5.32. The Hall–Kier alpha value is -2.57. The highest BCUT2D eigenvalue weighted by molar-refractivity contribution is 6.42. The van der Waals surface area contributed by atoms with Crippen molar-refractivity contribution in [2.24, 2.45) is 5.92 Å². The van der Waals surface area contributed by atoms with Crippen LogP contribution in [0.2, 0.25) is 10.0 Å². The summed E-state index contributed by atoms with van der Waals surface area (Å²) < 4.78 is 5.17. The number of ether oxygens (including phenoxy) is 1. The van der Waals surface area contributed by atoms with Gasteiger partial charge >= 0.3 is 5.97 Å². The molecule has 8 heteroatoms. The first-order valence-electron chi connectivity index (χ1n) is 9.72. The Balaban J connectivity index is 1.59. The van der Waals surface area contributed by atoms with Crippen LogP contribution in [0.25, 0.3) is 0 Å². The molecule has 2 aromatic rings. The summed E-state index contributed by atoms with van der Waals surface area (Å²) in [4.78, 5) is 38.5. The van der Waals surface area contributed by atoms with E-state index in [0.29, 0.717) is 33.6 Å². The van der Waals surface area contributed by atoms with E-state index in [0.717, 1.165) is 12.8 Å². The number of esters is 1. The molecule has 30 heavy (non-hydrogen) atoms. The first-order valence-corrected chi connectivity index (χ1v) is 10.5. The molecule has 1 heterocycles. The number of carbonyl (C=O) groups is 3. The van der Waals surface area contributed by atoms with Gasteiger partial charge in [-0.2, -0.15) is 0 Å². The summed E-state index contributed by atoms with van der Waals surface area (Å²) in [6.45, 7) is 2.66. The van der Waals surface area contributed by atoms with Gasteiger partial charge in [-0.15, -0.1) is 0 Å². The van der Waals surface area contributed by atoms with Crippen LogP contribution in [-0.4, -0.2) is 30.9 Å². The summed E-state index contributed by atoms with van der Waals surface area (Å²) in [5.74, 6) is -1.30. The van der Waals surface area contributed by atoms with Crippen LogP contribution < -0.4 is 10.2 Å². The number of carbonyl (C=O) groups excluding carboxylic acids is 3. The number of halogens is 2. The highest BCUT2D eigenvalue weighted by Crippen LogP contribution is 2.31. The number of benzene rings is 2. The predicted molar refractivity (Wildman–Crippen MR) is 117 cm³/mol. The van der Waals surface area contributed by atoms with Crippen molar-refractivity contribution >= 4 is 52.4 Å². The molecule has 0 unspecified atom stereocenters. The predicted octanol–water partition coefficient (Wildman–Crippen LogP) is 4.94. The van der Waals surface area contributed by atoms with E-state index in [-0.39, 0.29) is 30.7 Å². The molecule has 1 atom stereocenters. The molecule has 3 rings (SSSR count). The van der Waals surface area contributed by atoms with E-state index in [2.05, 4.69) is 5.32 Å². The molecule has 1 N–H and O–H groups in total. The van der Waals surface area contributed by atoms with Gasteiger partial charge in [0.2, 0.25) is 11.8 Å². The van der Waals surface area contributed by atoms with E-state index in [1.807, 2.05) is 6.92 Å². The minimum atomic E-state index is -0.495. The topological polar surface area (TPSA) is 75.7 Å². The van der Waals surface area contributed by atoms with E-state index < -0.39 is 5.92 Å². The van der Waals surface area contributed by atoms with Crippen molar-refractivity contribution in [3.63, 3.8) is 0 Å². The Kier molecular flexibility index (Phi) is 7.34. The Morgan fingerprint density at radius 1 is 1.13 bits per heavy atom. The number of nitrogens with one attached hydrogen (secondary N) is 1. The second-order valence-corrected chi connectivity index (χ2v) is 7.87. The summed E-state index contributed by atoms with van der Waals surface area (Å²) >= 11 is 12.0. The molecule has 0 saturated carbocycles. The Bertz CT molecular complexity index is 947. The van der Waals surface area contributed by atoms with Gasteiger partial charge in [-0.25, -0.2) is 4.79 Å². The van der Waals surface area contributed by atoms with Crippen LogP contribution in [-0.2, 0) is 14.3 Å². The van der Waals surface area contributed by atoms with E-state index in [1.54, 1.807) is 42.5 Å². The average molecular weight is 449 g/mol. The fourth-order valence-corrected chi connectivity index (χ4v) is 3.40. The number of hydrogen-bond donors (Lipinski definition) is 1. The summed E-state index contributed by atoms with van der Waals surface area (Å²) in [5.41, 5.74) is 1.58. The van der Waals surface area contributed by atoms with Crippen LogP contribution in [0, 0.1) is 5.92 Å². The van der Waals surface area contributed by atoms with Crippen molar-refractivity contribution in [3.8, 4) is 0 Å². The minimum absolute atomic E-state index is 0.105. The molecule has 0 aromatic heterocycles. The lowest BCUT2D eigenvalue weighted by Crippen LogP contribution is -2.28. The third-order valence-electron chi connectivity index (χ3n) is 4.83. The largest absolute Gasteiger partial charge is 0.462 e. The van der Waals surface area contributed by atoms with E-state index in [9.17, 15) is 14.4 Å². The van der Waals surface area contributed by atoms with Gasteiger partial charge in [0.25, 0.3) is 0 Å². The molecule has 0 bridgehead atoms. The number of rotatable bonds is 7. The second kappa shape index (κ2) is 9.96. The maximum Gasteiger partial charge on any atom is 0.338 e. The van der Waals surface area contributed by atoms with Gasteiger partial charge in [0.05, 0.1) is 28.1 Å². The lowest BCUT2D eigenvalue weighted by atomic mass is 10.1. The zero-order chi connectivity index (χ0) is 21.7. The number of unbranched alkanes of at least 4 members (excludes halogenated alkanes) is 1. The minimum Gasteiger partial charge on any atom is -0.462 e. The standard InChI is InChI=1S/C22H22Cl2N2O4/c1-2-3-10-30-22(29)14-4-6-16(7-5-14)25-21(28)15-11-20(27)26(13-15)17-8-9-18(23)19(24)12-17/h4-9,12,15H,2-3,10-11,13H2,1H3,(H,25,28)/t15-/m1/s1. The molecule has 1 aliphatic heterocycles. The van der Waals surface area contributed by atoms with Crippen molar-refractivity contribution < 1.29 is 19.1 Å². The summed E-state index contributed by atoms with van der Waals surface area (Å²) in [7, 11) is 0. The van der Waals surface area contributed by atoms with Crippen LogP contribution in [0.15, 0.2) is 42.5 Å². The van der Waals surface area contributed by atoms with Crippen LogP contribution in [0.1, 0.15) is 36.5 Å². The molecule has 0 radical (unpaired) electrons. The smallest absolute Gasteiger partial charge is 0.338 e. The molecule has 6 nitrogen and oxygen atoms in total. The summed E-state index contributed by atoms with van der Waals surface area (Å²) in [5, 5.41) is 3.55. The average Bonchev–Trinajstić information content (AvgIpc) is 3.12. The first kappa shape index (κ1) is 22.1. The molecule has 158 valence electrons. The van der Waals surface area contributed by atoms with Gasteiger partial charge < -0.3 is 15.0 Å². The maximum atomic E-state index is 12.6. The van der Waals surface area contributed by atoms with Gasteiger partial charge in [0.15, 0.2) is 0 Å².